The molecule has 180 valence electrons. The molecule has 0 aliphatic carbocycles. The molecule has 5 rings (SSSR count). The van der Waals surface area contributed by atoms with E-state index < -0.39 is 11.2 Å². The van der Waals surface area contributed by atoms with Crippen LogP contribution in [0.1, 0.15) is 10.4 Å². The quantitative estimate of drug-likeness (QED) is 0.420. The predicted molar refractivity (Wildman–Crippen MR) is 141 cm³/mol. The fourth-order valence-electron chi connectivity index (χ4n) is 4.53. The first-order valence-electron chi connectivity index (χ1n) is 11.4. The minimum absolute atomic E-state index is 0.124. The third-order valence-electron chi connectivity index (χ3n) is 6.56. The standard InChI is InChI=1S/C26H25ClN4O3S/c1-17-18(2)35-25-23(17)24(33)31(21-10-6-7-19(27)15-21)26(34)30(25)16-22(32)29-13-11-28(12-14-29)20-8-4-3-5-9-20/h3-10,15H,11-14,16H2,1-2H3. The zero-order valence-corrected chi connectivity index (χ0v) is 21.1. The fourth-order valence-corrected chi connectivity index (χ4v) is 5.85. The molecule has 0 saturated carbocycles. The summed E-state index contributed by atoms with van der Waals surface area (Å²) < 4.78 is 2.56. The Morgan fingerprint density at radius 1 is 0.943 bits per heavy atom. The number of hydrogen-bond donors (Lipinski definition) is 0. The number of rotatable bonds is 4. The number of benzene rings is 2. The average Bonchev–Trinajstić information content (AvgIpc) is 3.16. The normalized spacial score (nSPS) is 14.0. The fraction of sp³-hybridized carbons (Fsp3) is 0.269. The van der Waals surface area contributed by atoms with Gasteiger partial charge in [0.15, 0.2) is 0 Å². The monoisotopic (exact) mass is 508 g/mol. The third-order valence-corrected chi connectivity index (χ3v) is 8.03. The minimum atomic E-state index is -0.540. The van der Waals surface area contributed by atoms with Crippen LogP contribution in [0.5, 0.6) is 0 Å². The number of thiophene rings is 1. The van der Waals surface area contributed by atoms with Gasteiger partial charge in [-0.3, -0.25) is 14.2 Å². The molecule has 0 N–H and O–H groups in total. The molecule has 1 aliphatic heterocycles. The van der Waals surface area contributed by atoms with Crippen LogP contribution in [0.25, 0.3) is 15.9 Å². The first-order valence-corrected chi connectivity index (χ1v) is 12.6. The van der Waals surface area contributed by atoms with Crippen LogP contribution in [-0.2, 0) is 11.3 Å². The van der Waals surface area contributed by atoms with Gasteiger partial charge in [0.1, 0.15) is 11.4 Å². The van der Waals surface area contributed by atoms with Crippen LogP contribution in [-0.4, -0.2) is 46.1 Å². The SMILES string of the molecule is Cc1sc2c(c1C)c(=O)n(-c1cccc(Cl)c1)c(=O)n2CC(=O)N1CCN(c2ccccc2)CC1. The number of para-hydroxylation sites is 1. The topological polar surface area (TPSA) is 67.5 Å². The van der Waals surface area contributed by atoms with E-state index in [-0.39, 0.29) is 12.5 Å². The van der Waals surface area contributed by atoms with Crippen LogP contribution >= 0.6 is 22.9 Å². The van der Waals surface area contributed by atoms with E-state index in [0.717, 1.165) is 33.8 Å². The number of nitrogens with zero attached hydrogens (tertiary/aromatic N) is 4. The Balaban J connectivity index is 1.50. The van der Waals surface area contributed by atoms with Gasteiger partial charge in [0.25, 0.3) is 5.56 Å². The second kappa shape index (κ2) is 9.36. The summed E-state index contributed by atoms with van der Waals surface area (Å²) in [4.78, 5) is 45.9. The molecular formula is C26H25ClN4O3S. The van der Waals surface area contributed by atoms with Gasteiger partial charge in [-0.1, -0.05) is 35.9 Å². The second-order valence-corrected chi connectivity index (χ2v) is 10.3. The Hall–Kier alpha value is -3.36. The van der Waals surface area contributed by atoms with E-state index in [1.165, 1.54) is 15.9 Å². The van der Waals surface area contributed by atoms with Crippen molar-refractivity contribution in [3.05, 3.63) is 90.9 Å². The van der Waals surface area contributed by atoms with Crippen LogP contribution < -0.4 is 16.1 Å². The molecular weight excluding hydrogens is 484 g/mol. The van der Waals surface area contributed by atoms with Crippen molar-refractivity contribution < 1.29 is 4.79 Å². The summed E-state index contributed by atoms with van der Waals surface area (Å²) in [6.45, 7) is 6.25. The summed E-state index contributed by atoms with van der Waals surface area (Å²) in [5, 5.41) is 0.889. The van der Waals surface area contributed by atoms with Crippen molar-refractivity contribution in [2.45, 2.75) is 20.4 Å². The number of aryl methyl sites for hydroxylation is 2. The van der Waals surface area contributed by atoms with E-state index >= 15 is 0 Å². The number of amides is 1. The van der Waals surface area contributed by atoms with Gasteiger partial charge < -0.3 is 9.80 Å². The number of piperazine rings is 1. The van der Waals surface area contributed by atoms with Crippen LogP contribution in [0.4, 0.5) is 5.69 Å². The maximum atomic E-state index is 13.6. The van der Waals surface area contributed by atoms with E-state index in [1.807, 2.05) is 32.0 Å². The molecule has 0 atom stereocenters. The lowest BCUT2D eigenvalue weighted by Crippen LogP contribution is -2.50. The maximum absolute atomic E-state index is 13.6. The number of halogens is 1. The molecule has 35 heavy (non-hydrogen) atoms. The van der Waals surface area contributed by atoms with E-state index in [1.54, 1.807) is 29.2 Å². The van der Waals surface area contributed by atoms with Crippen molar-refractivity contribution in [2.75, 3.05) is 31.1 Å². The molecule has 0 spiro atoms. The summed E-state index contributed by atoms with van der Waals surface area (Å²) in [7, 11) is 0. The van der Waals surface area contributed by atoms with E-state index in [9.17, 15) is 14.4 Å². The van der Waals surface area contributed by atoms with Gasteiger partial charge in [-0.05, 0) is 49.7 Å². The molecule has 4 aromatic rings. The van der Waals surface area contributed by atoms with Crippen molar-refractivity contribution in [2.24, 2.45) is 0 Å². The van der Waals surface area contributed by atoms with Gasteiger partial charge in [0, 0.05) is 41.8 Å². The van der Waals surface area contributed by atoms with Gasteiger partial charge in [-0.25, -0.2) is 9.36 Å². The van der Waals surface area contributed by atoms with Crippen molar-refractivity contribution >= 4 is 44.7 Å². The Morgan fingerprint density at radius 2 is 1.63 bits per heavy atom. The number of anilines is 1. The summed E-state index contributed by atoms with van der Waals surface area (Å²) >= 11 is 7.52. The van der Waals surface area contributed by atoms with Gasteiger partial charge in [-0.15, -0.1) is 11.3 Å². The van der Waals surface area contributed by atoms with Gasteiger partial charge in [-0.2, -0.15) is 0 Å². The highest BCUT2D eigenvalue weighted by molar-refractivity contribution is 7.18. The summed E-state index contributed by atoms with van der Waals surface area (Å²) in [6, 6.07) is 16.8. The third kappa shape index (κ3) is 4.28. The van der Waals surface area contributed by atoms with Crippen LogP contribution in [0.2, 0.25) is 5.02 Å². The van der Waals surface area contributed by atoms with E-state index in [2.05, 4.69) is 17.0 Å². The Morgan fingerprint density at radius 3 is 2.31 bits per heavy atom. The number of aromatic nitrogens is 2. The van der Waals surface area contributed by atoms with Gasteiger partial charge >= 0.3 is 5.69 Å². The maximum Gasteiger partial charge on any atom is 0.337 e. The number of fused-ring (bicyclic) bond motifs is 1. The van der Waals surface area contributed by atoms with Gasteiger partial charge in [0.2, 0.25) is 5.91 Å². The number of carbonyl (C=O) groups excluding carboxylic acids is 1. The second-order valence-electron chi connectivity index (χ2n) is 8.66. The predicted octanol–water partition coefficient (Wildman–Crippen LogP) is 3.83. The van der Waals surface area contributed by atoms with Crippen LogP contribution in [0.15, 0.2) is 64.2 Å². The highest BCUT2D eigenvalue weighted by atomic mass is 35.5. The summed E-state index contributed by atoms with van der Waals surface area (Å²) in [6.07, 6.45) is 0. The zero-order valence-electron chi connectivity index (χ0n) is 19.5. The average molecular weight is 509 g/mol. The smallest absolute Gasteiger partial charge is 0.337 e. The highest BCUT2D eigenvalue weighted by Gasteiger charge is 2.25. The highest BCUT2D eigenvalue weighted by Crippen LogP contribution is 2.27. The van der Waals surface area contributed by atoms with Crippen molar-refractivity contribution in [3.8, 4) is 5.69 Å². The molecule has 1 fully saturated rings. The zero-order chi connectivity index (χ0) is 24.7. The molecule has 1 aliphatic rings. The van der Waals surface area contributed by atoms with Crippen molar-refractivity contribution in [1.82, 2.24) is 14.0 Å². The summed E-state index contributed by atoms with van der Waals surface area (Å²) in [5.41, 5.74) is 1.41. The van der Waals surface area contributed by atoms with Crippen molar-refractivity contribution in [1.29, 1.82) is 0 Å². The van der Waals surface area contributed by atoms with E-state index in [4.69, 9.17) is 11.6 Å². The molecule has 0 unspecified atom stereocenters. The van der Waals surface area contributed by atoms with Crippen molar-refractivity contribution in [3.63, 3.8) is 0 Å². The first-order chi connectivity index (χ1) is 16.8. The Bertz CT molecular complexity index is 1530. The largest absolute Gasteiger partial charge is 0.368 e. The van der Waals surface area contributed by atoms with Gasteiger partial charge in [0.05, 0.1) is 11.1 Å². The molecule has 2 aromatic heterocycles. The Kier molecular flexibility index (Phi) is 6.25. The lowest BCUT2D eigenvalue weighted by Gasteiger charge is -2.36. The minimum Gasteiger partial charge on any atom is -0.368 e. The summed E-state index contributed by atoms with van der Waals surface area (Å²) in [5.74, 6) is -0.138. The van der Waals surface area contributed by atoms with Crippen LogP contribution in [0, 0.1) is 13.8 Å². The molecule has 3 heterocycles. The molecule has 9 heteroatoms. The molecule has 0 bridgehead atoms. The molecule has 1 saturated heterocycles. The molecule has 0 radical (unpaired) electrons. The number of hydrogen-bond acceptors (Lipinski definition) is 5. The lowest BCUT2D eigenvalue weighted by molar-refractivity contribution is -0.132. The first kappa shape index (κ1) is 23.4. The van der Waals surface area contributed by atoms with E-state index in [0.29, 0.717) is 34.0 Å². The number of carbonyl (C=O) groups is 1. The lowest BCUT2D eigenvalue weighted by atomic mass is 10.2. The molecule has 1 amide bonds. The Labute approximate surface area is 211 Å². The molecule has 2 aromatic carbocycles. The van der Waals surface area contributed by atoms with Crippen LogP contribution in [0.3, 0.4) is 0 Å². The molecule has 7 nitrogen and oxygen atoms in total.